The van der Waals surface area contributed by atoms with Crippen molar-refractivity contribution >= 4 is 16.1 Å². The van der Waals surface area contributed by atoms with Crippen LogP contribution in [0.3, 0.4) is 0 Å². The second-order valence-corrected chi connectivity index (χ2v) is 4.07. The lowest BCUT2D eigenvalue weighted by Crippen LogP contribution is -2.41. The molecule has 0 aliphatic carbocycles. The van der Waals surface area contributed by atoms with E-state index in [-0.39, 0.29) is 6.61 Å². The van der Waals surface area contributed by atoms with Crippen molar-refractivity contribution in [2.24, 2.45) is 0 Å². The van der Waals surface area contributed by atoms with Crippen LogP contribution in [0.4, 0.5) is 13.2 Å². The molecule has 0 rings (SSSR count). The van der Waals surface area contributed by atoms with Crippen molar-refractivity contribution < 1.29 is 35.3 Å². The first-order valence-corrected chi connectivity index (χ1v) is 5.51. The van der Waals surface area contributed by atoms with E-state index in [1.165, 1.54) is 6.92 Å². The van der Waals surface area contributed by atoms with Crippen LogP contribution in [0.15, 0.2) is 0 Å². The Labute approximate surface area is 84.3 Å². The Kier molecular flexibility index (Phi) is 4.53. The van der Waals surface area contributed by atoms with Crippen LogP contribution in [0.25, 0.3) is 0 Å². The Morgan fingerprint density at radius 1 is 1.40 bits per heavy atom. The van der Waals surface area contributed by atoms with Gasteiger partial charge in [-0.05, 0) is 6.92 Å². The molecule has 0 aromatic rings. The zero-order valence-electron chi connectivity index (χ0n) is 7.87. The predicted molar refractivity (Wildman–Crippen MR) is 42.4 cm³/mol. The third kappa shape index (κ3) is 5.57. The van der Waals surface area contributed by atoms with Gasteiger partial charge in [0.2, 0.25) is 0 Å². The lowest BCUT2D eigenvalue weighted by Gasteiger charge is -2.17. The normalized spacial score (nSPS) is 14.7. The number of ether oxygens (including phenoxy) is 1. The van der Waals surface area contributed by atoms with Gasteiger partial charge >= 0.3 is 12.1 Å². The van der Waals surface area contributed by atoms with Gasteiger partial charge in [0.25, 0.3) is 16.2 Å². The molecule has 0 radical (unpaired) electrons. The summed E-state index contributed by atoms with van der Waals surface area (Å²) >= 11 is 0. The maximum Gasteiger partial charge on any atom is 0.427 e. The minimum Gasteiger partial charge on any atom is -0.464 e. The molecule has 0 N–H and O–H groups in total. The molecule has 0 aliphatic heterocycles. The Balaban J connectivity index is 4.84. The minimum atomic E-state index is -5.13. The highest BCUT2D eigenvalue weighted by atomic mass is 32.2. The van der Waals surface area contributed by atoms with Gasteiger partial charge in [0.05, 0.1) is 12.9 Å². The molecule has 0 saturated carbocycles. The molecule has 1 atom stereocenters. The van der Waals surface area contributed by atoms with Crippen LogP contribution in [-0.2, 0) is 23.8 Å². The molecule has 9 heteroatoms. The Morgan fingerprint density at radius 2 is 1.87 bits per heavy atom. The number of halogens is 3. The van der Waals surface area contributed by atoms with Gasteiger partial charge in [0, 0.05) is 0 Å². The van der Waals surface area contributed by atoms with Crippen LogP contribution in [0.5, 0.6) is 0 Å². The third-order valence-corrected chi connectivity index (χ3v) is 1.61. The number of esters is 1. The van der Waals surface area contributed by atoms with Crippen molar-refractivity contribution in [3.05, 3.63) is 0 Å². The number of alkyl halides is 3. The largest absolute Gasteiger partial charge is 0.464 e. The van der Waals surface area contributed by atoms with Crippen LogP contribution in [0.1, 0.15) is 6.92 Å². The number of carbonyl (C=O) groups is 1. The van der Waals surface area contributed by atoms with Crippen LogP contribution in [-0.4, -0.2) is 39.5 Å². The molecule has 5 nitrogen and oxygen atoms in total. The summed E-state index contributed by atoms with van der Waals surface area (Å²) in [4.78, 5) is 10.7. The van der Waals surface area contributed by atoms with Crippen molar-refractivity contribution in [2.45, 2.75) is 19.2 Å². The summed E-state index contributed by atoms with van der Waals surface area (Å²) in [5.41, 5.74) is 0. The van der Waals surface area contributed by atoms with E-state index in [2.05, 4.69) is 8.92 Å². The van der Waals surface area contributed by atoms with Crippen molar-refractivity contribution in [1.82, 2.24) is 0 Å². The maximum atomic E-state index is 12.1. The fourth-order valence-electron chi connectivity index (χ4n) is 0.620. The van der Waals surface area contributed by atoms with E-state index in [9.17, 15) is 26.4 Å². The molecule has 90 valence electrons. The molecular weight excluding hydrogens is 241 g/mol. The van der Waals surface area contributed by atoms with Crippen LogP contribution in [0.2, 0.25) is 0 Å². The molecular formula is C6H9F3O5S. The summed E-state index contributed by atoms with van der Waals surface area (Å²) < 4.78 is 65.0. The Bertz CT molecular complexity index is 320. The highest BCUT2D eigenvalue weighted by molar-refractivity contribution is 7.86. The summed E-state index contributed by atoms with van der Waals surface area (Å²) in [6, 6.07) is 0. The number of carbonyl (C=O) groups excluding carboxylic acids is 1. The summed E-state index contributed by atoms with van der Waals surface area (Å²) in [5, 5.41) is 0. The predicted octanol–water partition coefficient (Wildman–Crippen LogP) is 0.457. The van der Waals surface area contributed by atoms with E-state index in [0.29, 0.717) is 6.26 Å². The summed E-state index contributed by atoms with van der Waals surface area (Å²) in [6.45, 7) is 0.977. The van der Waals surface area contributed by atoms with Gasteiger partial charge in [-0.3, -0.25) is 0 Å². The molecule has 0 aromatic carbocycles. The van der Waals surface area contributed by atoms with Crippen LogP contribution >= 0.6 is 0 Å². The van der Waals surface area contributed by atoms with Crippen molar-refractivity contribution in [3.8, 4) is 0 Å². The summed E-state index contributed by atoms with van der Waals surface area (Å²) in [7, 11) is -4.39. The molecule has 0 aromatic heterocycles. The quantitative estimate of drug-likeness (QED) is 0.535. The van der Waals surface area contributed by atoms with Gasteiger partial charge < -0.3 is 4.74 Å². The average molecular weight is 250 g/mol. The highest BCUT2D eigenvalue weighted by Gasteiger charge is 2.49. The monoisotopic (exact) mass is 250 g/mol. The van der Waals surface area contributed by atoms with E-state index in [4.69, 9.17) is 0 Å². The number of hydrogen-bond donors (Lipinski definition) is 0. The van der Waals surface area contributed by atoms with Crippen LogP contribution < -0.4 is 0 Å². The molecule has 1 unspecified atom stereocenters. The molecule has 0 spiro atoms. The van der Waals surface area contributed by atoms with E-state index in [1.54, 1.807) is 0 Å². The minimum absolute atomic E-state index is 0.307. The van der Waals surface area contributed by atoms with Gasteiger partial charge in [-0.15, -0.1) is 0 Å². The standard InChI is InChI=1S/C6H9F3O5S/c1-3-13-5(10)4(6(7,8)9)14-15(2,11)12/h4H,3H2,1-2H3. The second-order valence-electron chi connectivity index (χ2n) is 2.47. The zero-order valence-corrected chi connectivity index (χ0v) is 8.68. The van der Waals surface area contributed by atoms with Gasteiger partial charge in [-0.1, -0.05) is 0 Å². The Morgan fingerprint density at radius 3 is 2.13 bits per heavy atom. The van der Waals surface area contributed by atoms with Gasteiger partial charge in [0.1, 0.15) is 0 Å². The molecule has 0 aliphatic rings. The van der Waals surface area contributed by atoms with E-state index in [1.807, 2.05) is 0 Å². The molecule has 0 fully saturated rings. The highest BCUT2D eigenvalue weighted by Crippen LogP contribution is 2.25. The SMILES string of the molecule is CCOC(=O)C(OS(C)(=O)=O)C(F)(F)F. The lowest BCUT2D eigenvalue weighted by molar-refractivity contribution is -0.210. The molecule has 0 heterocycles. The van der Waals surface area contributed by atoms with Crippen molar-refractivity contribution in [3.63, 3.8) is 0 Å². The van der Waals surface area contributed by atoms with Crippen LogP contribution in [0, 0.1) is 0 Å². The molecule has 15 heavy (non-hydrogen) atoms. The van der Waals surface area contributed by atoms with E-state index < -0.39 is 28.4 Å². The van der Waals surface area contributed by atoms with E-state index >= 15 is 0 Å². The molecule has 0 saturated heterocycles. The third-order valence-electron chi connectivity index (χ3n) is 1.07. The zero-order chi connectivity index (χ0) is 12.3. The number of rotatable bonds is 4. The van der Waals surface area contributed by atoms with E-state index in [0.717, 1.165) is 0 Å². The lowest BCUT2D eigenvalue weighted by atomic mass is 10.3. The fourth-order valence-corrected chi connectivity index (χ4v) is 1.16. The summed E-state index contributed by atoms with van der Waals surface area (Å²) in [6.07, 6.45) is -7.83. The smallest absolute Gasteiger partial charge is 0.427 e. The first-order chi connectivity index (χ1) is 6.58. The van der Waals surface area contributed by atoms with Gasteiger partial charge in [-0.2, -0.15) is 21.6 Å². The van der Waals surface area contributed by atoms with Gasteiger partial charge in [-0.25, -0.2) is 8.98 Å². The first kappa shape index (κ1) is 14.2. The molecule has 0 bridgehead atoms. The Hall–Kier alpha value is -0.830. The molecule has 0 amide bonds. The van der Waals surface area contributed by atoms with Crippen molar-refractivity contribution in [2.75, 3.05) is 12.9 Å². The summed E-state index contributed by atoms with van der Waals surface area (Å²) in [5.74, 6) is -1.78. The van der Waals surface area contributed by atoms with Crippen molar-refractivity contribution in [1.29, 1.82) is 0 Å². The number of hydrogen-bond acceptors (Lipinski definition) is 5. The second kappa shape index (κ2) is 4.79. The van der Waals surface area contributed by atoms with Gasteiger partial charge in [0.15, 0.2) is 0 Å². The average Bonchev–Trinajstić information content (AvgIpc) is 1.97. The maximum absolute atomic E-state index is 12.1. The fraction of sp³-hybridized carbons (Fsp3) is 0.833. The first-order valence-electron chi connectivity index (χ1n) is 3.69. The topological polar surface area (TPSA) is 69.7 Å².